The lowest BCUT2D eigenvalue weighted by molar-refractivity contribution is 0.0426. The van der Waals surface area contributed by atoms with Gasteiger partial charge >= 0.3 is 0 Å². The second kappa shape index (κ2) is 4.60. The number of hydrogen-bond donors (Lipinski definition) is 0. The molecule has 1 atom stereocenters. The van der Waals surface area contributed by atoms with E-state index in [4.69, 9.17) is 4.42 Å². The fourth-order valence-corrected chi connectivity index (χ4v) is 2.99. The molecule has 88 valence electrons. The summed E-state index contributed by atoms with van der Waals surface area (Å²) in [5.41, 5.74) is 0. The van der Waals surface area contributed by atoms with Gasteiger partial charge in [-0.15, -0.1) is 0 Å². The lowest BCUT2D eigenvalue weighted by Gasteiger charge is -2.43. The molecule has 1 unspecified atom stereocenters. The Kier molecular flexibility index (Phi) is 2.98. The molecular formula is C13H20N2O. The van der Waals surface area contributed by atoms with Crippen molar-refractivity contribution in [1.82, 2.24) is 9.80 Å². The Bertz CT molecular complexity index is 323. The SMILES string of the molecule is c1coc(CN2CCN3CCCCC3C2)c1. The summed E-state index contributed by atoms with van der Waals surface area (Å²) in [6, 6.07) is 4.86. The third-order valence-corrected chi connectivity index (χ3v) is 3.88. The fraction of sp³-hybridized carbons (Fsp3) is 0.692. The summed E-state index contributed by atoms with van der Waals surface area (Å²) >= 11 is 0. The van der Waals surface area contributed by atoms with Crippen molar-refractivity contribution >= 4 is 0 Å². The van der Waals surface area contributed by atoms with Crippen LogP contribution in [0.1, 0.15) is 25.0 Å². The van der Waals surface area contributed by atoms with Crippen molar-refractivity contribution in [2.24, 2.45) is 0 Å². The van der Waals surface area contributed by atoms with Crippen LogP contribution < -0.4 is 0 Å². The van der Waals surface area contributed by atoms with E-state index in [0.29, 0.717) is 0 Å². The Balaban J connectivity index is 1.58. The molecule has 2 aliphatic heterocycles. The highest BCUT2D eigenvalue weighted by atomic mass is 16.3. The maximum absolute atomic E-state index is 5.42. The topological polar surface area (TPSA) is 19.6 Å². The van der Waals surface area contributed by atoms with Gasteiger partial charge < -0.3 is 4.42 Å². The lowest BCUT2D eigenvalue weighted by Crippen LogP contribution is -2.54. The maximum atomic E-state index is 5.42. The van der Waals surface area contributed by atoms with Gasteiger partial charge in [0.25, 0.3) is 0 Å². The standard InChI is InChI=1S/C13H20N2O/c1-2-6-15-8-7-14(10-12(15)4-1)11-13-5-3-9-16-13/h3,5,9,12H,1-2,4,6-8,10-11H2. The highest BCUT2D eigenvalue weighted by Crippen LogP contribution is 2.22. The van der Waals surface area contributed by atoms with Crippen molar-refractivity contribution in [3.63, 3.8) is 0 Å². The number of piperazine rings is 1. The fourth-order valence-electron chi connectivity index (χ4n) is 2.99. The van der Waals surface area contributed by atoms with E-state index in [-0.39, 0.29) is 0 Å². The van der Waals surface area contributed by atoms with E-state index >= 15 is 0 Å². The van der Waals surface area contributed by atoms with E-state index in [1.54, 1.807) is 6.26 Å². The smallest absolute Gasteiger partial charge is 0.117 e. The molecule has 0 N–H and O–H groups in total. The lowest BCUT2D eigenvalue weighted by atomic mass is 9.99. The van der Waals surface area contributed by atoms with Gasteiger partial charge in [0.05, 0.1) is 12.8 Å². The molecule has 16 heavy (non-hydrogen) atoms. The summed E-state index contributed by atoms with van der Waals surface area (Å²) in [5.74, 6) is 1.10. The quantitative estimate of drug-likeness (QED) is 0.759. The van der Waals surface area contributed by atoms with Crippen LogP contribution >= 0.6 is 0 Å². The molecule has 3 heteroatoms. The molecule has 3 rings (SSSR count). The molecular weight excluding hydrogens is 200 g/mol. The number of rotatable bonds is 2. The molecule has 0 spiro atoms. The van der Waals surface area contributed by atoms with E-state index < -0.39 is 0 Å². The van der Waals surface area contributed by atoms with Gasteiger partial charge in [0, 0.05) is 25.7 Å². The third-order valence-electron chi connectivity index (χ3n) is 3.88. The summed E-state index contributed by atoms with van der Waals surface area (Å²) in [6.07, 6.45) is 5.96. The minimum atomic E-state index is 0.803. The summed E-state index contributed by atoms with van der Waals surface area (Å²) in [7, 11) is 0. The van der Waals surface area contributed by atoms with Gasteiger partial charge in [-0.05, 0) is 31.5 Å². The molecule has 2 saturated heterocycles. The van der Waals surface area contributed by atoms with Crippen LogP contribution in [0.2, 0.25) is 0 Å². The van der Waals surface area contributed by atoms with Gasteiger partial charge in [-0.1, -0.05) is 6.42 Å². The van der Waals surface area contributed by atoms with Gasteiger partial charge in [-0.3, -0.25) is 9.80 Å². The largest absolute Gasteiger partial charge is 0.468 e. The summed E-state index contributed by atoms with van der Waals surface area (Å²) in [6.45, 7) is 5.96. The second-order valence-electron chi connectivity index (χ2n) is 5.00. The van der Waals surface area contributed by atoms with Crippen LogP contribution in [0.3, 0.4) is 0 Å². The Morgan fingerprint density at radius 2 is 2.25 bits per heavy atom. The number of fused-ring (bicyclic) bond motifs is 1. The average molecular weight is 220 g/mol. The van der Waals surface area contributed by atoms with Crippen LogP contribution in [0.4, 0.5) is 0 Å². The number of piperidine rings is 1. The number of hydrogen-bond acceptors (Lipinski definition) is 3. The molecule has 1 aromatic heterocycles. The Labute approximate surface area is 97.0 Å². The van der Waals surface area contributed by atoms with Crippen LogP contribution in [-0.4, -0.2) is 42.0 Å². The van der Waals surface area contributed by atoms with E-state index in [0.717, 1.165) is 18.3 Å². The van der Waals surface area contributed by atoms with Gasteiger partial charge in [0.1, 0.15) is 5.76 Å². The van der Waals surface area contributed by atoms with Crippen molar-refractivity contribution in [3.8, 4) is 0 Å². The monoisotopic (exact) mass is 220 g/mol. The zero-order chi connectivity index (χ0) is 10.8. The first-order chi connectivity index (χ1) is 7.92. The number of nitrogens with zero attached hydrogens (tertiary/aromatic N) is 2. The first-order valence-electron chi connectivity index (χ1n) is 6.40. The Morgan fingerprint density at radius 3 is 3.12 bits per heavy atom. The predicted molar refractivity (Wildman–Crippen MR) is 63.2 cm³/mol. The summed E-state index contributed by atoms with van der Waals surface area (Å²) < 4.78 is 5.42. The van der Waals surface area contributed by atoms with Gasteiger partial charge in [0.2, 0.25) is 0 Å². The highest BCUT2D eigenvalue weighted by molar-refractivity contribution is 4.99. The van der Waals surface area contributed by atoms with Crippen LogP contribution in [0.5, 0.6) is 0 Å². The van der Waals surface area contributed by atoms with Crippen LogP contribution in [-0.2, 0) is 6.54 Å². The number of furan rings is 1. The van der Waals surface area contributed by atoms with Gasteiger partial charge in [-0.25, -0.2) is 0 Å². The molecule has 0 aliphatic carbocycles. The van der Waals surface area contributed by atoms with Gasteiger partial charge in [0.15, 0.2) is 0 Å². The van der Waals surface area contributed by atoms with Crippen molar-refractivity contribution < 1.29 is 4.42 Å². The Hall–Kier alpha value is -0.800. The van der Waals surface area contributed by atoms with E-state index in [1.165, 1.54) is 45.4 Å². The summed E-state index contributed by atoms with van der Waals surface area (Å²) in [5, 5.41) is 0. The highest BCUT2D eigenvalue weighted by Gasteiger charge is 2.28. The zero-order valence-electron chi connectivity index (χ0n) is 9.77. The molecule has 0 saturated carbocycles. The predicted octanol–water partition coefficient (Wildman–Crippen LogP) is 1.95. The molecule has 0 bridgehead atoms. The van der Waals surface area contributed by atoms with Crippen molar-refractivity contribution in [2.45, 2.75) is 31.8 Å². The summed E-state index contributed by atoms with van der Waals surface area (Å²) in [4.78, 5) is 5.20. The first kappa shape index (κ1) is 10.4. The van der Waals surface area contributed by atoms with E-state index in [9.17, 15) is 0 Å². The minimum absolute atomic E-state index is 0.803. The first-order valence-corrected chi connectivity index (χ1v) is 6.40. The van der Waals surface area contributed by atoms with Crippen LogP contribution in [0, 0.1) is 0 Å². The second-order valence-corrected chi connectivity index (χ2v) is 5.00. The normalized spacial score (nSPS) is 27.9. The Morgan fingerprint density at radius 1 is 1.25 bits per heavy atom. The average Bonchev–Trinajstić information content (AvgIpc) is 2.82. The molecule has 0 aromatic carbocycles. The van der Waals surface area contributed by atoms with E-state index in [1.807, 2.05) is 6.07 Å². The third kappa shape index (κ3) is 2.15. The molecule has 3 heterocycles. The molecule has 1 aromatic rings. The van der Waals surface area contributed by atoms with Crippen molar-refractivity contribution in [2.75, 3.05) is 26.2 Å². The van der Waals surface area contributed by atoms with Crippen molar-refractivity contribution in [1.29, 1.82) is 0 Å². The van der Waals surface area contributed by atoms with Crippen LogP contribution in [0.25, 0.3) is 0 Å². The minimum Gasteiger partial charge on any atom is -0.468 e. The zero-order valence-corrected chi connectivity index (χ0v) is 9.77. The molecule has 0 radical (unpaired) electrons. The van der Waals surface area contributed by atoms with Crippen molar-refractivity contribution in [3.05, 3.63) is 24.2 Å². The molecule has 0 amide bonds. The molecule has 2 fully saturated rings. The van der Waals surface area contributed by atoms with Crippen LogP contribution in [0.15, 0.2) is 22.8 Å². The maximum Gasteiger partial charge on any atom is 0.117 e. The molecule has 2 aliphatic rings. The van der Waals surface area contributed by atoms with E-state index in [2.05, 4.69) is 15.9 Å². The molecule has 3 nitrogen and oxygen atoms in total. The van der Waals surface area contributed by atoms with Gasteiger partial charge in [-0.2, -0.15) is 0 Å².